The van der Waals surface area contributed by atoms with Gasteiger partial charge in [0.1, 0.15) is 0 Å². The number of rotatable bonds is 0. The number of aryl methyl sites for hydroxylation is 4. The molecular formula is C26H34NO2SiV. The standard InChI is InChI=1S/2C8H10O.C6H5N.C4H11Si.V/c2*1-6-4-3-5-7(2)8(6)9;7-6-4-2-1-3-5-6;1-5(2,3)4;/h2*3-5,9H,1-2H3;1-5H;1H2,2-4H3;/q;;;;+2/p-2. The van der Waals surface area contributed by atoms with Crippen LogP contribution in [0.5, 0.6) is 11.5 Å². The number of hydrogen-bond donors (Lipinski definition) is 0. The second-order valence-corrected chi connectivity index (χ2v) is 13.5. The van der Waals surface area contributed by atoms with Gasteiger partial charge in [0.15, 0.2) is 0 Å². The van der Waals surface area contributed by atoms with Crippen molar-refractivity contribution in [2.45, 2.75) is 47.3 Å². The Morgan fingerprint density at radius 3 is 1.16 bits per heavy atom. The summed E-state index contributed by atoms with van der Waals surface area (Å²) < 4.78 is 0. The first-order valence-corrected chi connectivity index (χ1v) is 13.6. The zero-order valence-electron chi connectivity index (χ0n) is 19.8. The fourth-order valence-corrected chi connectivity index (χ4v) is 2.03. The van der Waals surface area contributed by atoms with Crippen LogP contribution in [-0.4, -0.2) is 13.8 Å². The number of benzene rings is 2. The summed E-state index contributed by atoms with van der Waals surface area (Å²) in [6, 6.07) is 11.1. The molecule has 2 aromatic rings. The molecule has 0 heterocycles. The number of nitrogens with zero attached hydrogens (tertiary/aromatic N) is 1. The molecule has 0 atom stereocenters. The Hall–Kier alpha value is -2.14. The van der Waals surface area contributed by atoms with Crippen LogP contribution in [0, 0.1) is 40.7 Å². The van der Waals surface area contributed by atoms with E-state index in [-0.39, 0.29) is 30.1 Å². The normalized spacial score (nSPS) is 11.3. The number of allylic oxidation sites excluding steroid dienone is 4. The fraction of sp³-hybridized carbons (Fsp3) is 0.269. The second-order valence-electron chi connectivity index (χ2n) is 8.34. The Morgan fingerprint density at radius 2 is 1.00 bits per heavy atom. The third kappa shape index (κ3) is 16.3. The summed E-state index contributed by atoms with van der Waals surface area (Å²) in [6.45, 7) is 17.9. The van der Waals surface area contributed by atoms with Crippen molar-refractivity contribution in [2.24, 2.45) is 0 Å². The predicted molar refractivity (Wildman–Crippen MR) is 130 cm³/mol. The van der Waals surface area contributed by atoms with Crippen LogP contribution >= 0.6 is 0 Å². The fourth-order valence-electron chi connectivity index (χ4n) is 2.03. The molecule has 0 saturated carbocycles. The Bertz CT molecular complexity index is 758. The molecule has 0 spiro atoms. The molecule has 5 heteroatoms. The van der Waals surface area contributed by atoms with Crippen molar-refractivity contribution in [1.82, 2.24) is 0 Å². The second kappa shape index (κ2) is 15.6. The van der Waals surface area contributed by atoms with E-state index in [0.29, 0.717) is 5.71 Å². The minimum absolute atomic E-state index is 0. The van der Waals surface area contributed by atoms with E-state index in [2.05, 4.69) is 26.2 Å². The first-order chi connectivity index (χ1) is 13.8. The predicted octanol–water partition coefficient (Wildman–Crippen LogP) is 5.78. The van der Waals surface area contributed by atoms with Crippen molar-refractivity contribution in [3.8, 4) is 11.5 Å². The van der Waals surface area contributed by atoms with Crippen LogP contribution in [0.2, 0.25) is 19.6 Å². The van der Waals surface area contributed by atoms with Crippen LogP contribution in [0.4, 0.5) is 0 Å². The van der Waals surface area contributed by atoms with Gasteiger partial charge in [-0.2, -0.15) is 0 Å². The zero-order chi connectivity index (χ0) is 23.3. The molecule has 0 amide bonds. The van der Waals surface area contributed by atoms with Gasteiger partial charge in [0.2, 0.25) is 0 Å². The third-order valence-corrected chi connectivity index (χ3v) is 3.57. The van der Waals surface area contributed by atoms with E-state index in [4.69, 9.17) is 5.41 Å². The maximum absolute atomic E-state index is 11.0. The average Bonchev–Trinajstić information content (AvgIpc) is 2.64. The summed E-state index contributed by atoms with van der Waals surface area (Å²) in [6.07, 6.45) is 8.71. The molecule has 0 unspecified atom stereocenters. The Balaban J connectivity index is 0. The van der Waals surface area contributed by atoms with Crippen molar-refractivity contribution in [2.75, 3.05) is 0 Å². The summed E-state index contributed by atoms with van der Waals surface area (Å²) in [5.41, 5.74) is 3.64. The van der Waals surface area contributed by atoms with E-state index in [1.54, 1.807) is 24.3 Å². The van der Waals surface area contributed by atoms with Gasteiger partial charge in [-0.05, 0) is 33.4 Å². The van der Waals surface area contributed by atoms with E-state index >= 15 is 0 Å². The maximum Gasteiger partial charge on any atom is 2.00 e. The molecule has 0 N–H and O–H groups in total. The number of hydrogen-bond acceptors (Lipinski definition) is 2. The van der Waals surface area contributed by atoms with Gasteiger partial charge >= 0.3 is 18.6 Å². The molecule has 0 aromatic heterocycles. The van der Waals surface area contributed by atoms with Gasteiger partial charge in [0, 0.05) is 38.8 Å². The van der Waals surface area contributed by atoms with Gasteiger partial charge in [-0.15, -0.1) is 11.5 Å². The molecule has 0 bridgehead atoms. The molecule has 3 rings (SSSR count). The van der Waals surface area contributed by atoms with Crippen LogP contribution in [-0.2, 0) is 18.6 Å². The van der Waals surface area contributed by atoms with Gasteiger partial charge < -0.3 is 15.6 Å². The van der Waals surface area contributed by atoms with Crippen LogP contribution < -0.4 is 10.2 Å². The minimum Gasteiger partial charge on any atom is -0.872 e. The van der Waals surface area contributed by atoms with Crippen molar-refractivity contribution in [3.05, 3.63) is 101 Å². The molecule has 1 aliphatic carbocycles. The Morgan fingerprint density at radius 1 is 0.742 bits per heavy atom. The molecule has 2 radical (unpaired) electrons. The minimum atomic E-state index is -0.861. The molecule has 164 valence electrons. The van der Waals surface area contributed by atoms with Gasteiger partial charge in [-0.3, -0.25) is 0 Å². The van der Waals surface area contributed by atoms with Crippen LogP contribution in [0.25, 0.3) is 5.41 Å². The van der Waals surface area contributed by atoms with E-state index in [0.717, 1.165) is 22.3 Å². The van der Waals surface area contributed by atoms with Gasteiger partial charge in [-0.1, -0.05) is 84.8 Å². The van der Waals surface area contributed by atoms with Crippen molar-refractivity contribution in [1.29, 1.82) is 0 Å². The summed E-state index contributed by atoms with van der Waals surface area (Å²) in [7, 11) is -0.861. The van der Waals surface area contributed by atoms with Crippen molar-refractivity contribution in [3.63, 3.8) is 0 Å². The summed E-state index contributed by atoms with van der Waals surface area (Å²) in [5.74, 6) is 0.329. The quantitative estimate of drug-likeness (QED) is 0.361. The molecule has 1 aliphatic rings. The molecule has 2 aromatic carbocycles. The van der Waals surface area contributed by atoms with Crippen molar-refractivity contribution >= 4 is 13.8 Å². The summed E-state index contributed by atoms with van der Waals surface area (Å²) in [4.78, 5) is 0. The topological polar surface area (TPSA) is 68.4 Å². The smallest absolute Gasteiger partial charge is 0.872 e. The van der Waals surface area contributed by atoms with Gasteiger partial charge in [0.05, 0.1) is 0 Å². The van der Waals surface area contributed by atoms with E-state index in [1.165, 1.54) is 0 Å². The largest absolute Gasteiger partial charge is 2.00 e. The van der Waals surface area contributed by atoms with Crippen LogP contribution in [0.15, 0.2) is 60.7 Å². The SMILES string of the molecule is Cc1cccc(C)c1[O-].Cc1cccc(C)c1[O-].[CH2][Si](C)(C)C.[N-]=C1C=C[CH+]C=C1.[V+2]. The maximum atomic E-state index is 11.0. The Kier molecular flexibility index (Phi) is 15.7. The molecular weight excluding hydrogens is 437 g/mol. The average molecular weight is 472 g/mol. The molecule has 0 fully saturated rings. The Labute approximate surface area is 202 Å². The van der Waals surface area contributed by atoms with E-state index in [9.17, 15) is 10.2 Å². The first-order valence-electron chi connectivity index (χ1n) is 9.88. The zero-order valence-corrected chi connectivity index (χ0v) is 22.2. The van der Waals surface area contributed by atoms with Gasteiger partial charge in [-0.25, -0.2) is 0 Å². The molecule has 0 saturated heterocycles. The van der Waals surface area contributed by atoms with Crippen molar-refractivity contribution < 1.29 is 28.8 Å². The first kappa shape index (κ1) is 31.1. The summed E-state index contributed by atoms with van der Waals surface area (Å²) in [5, 5.41) is 30.6. The molecule has 3 nitrogen and oxygen atoms in total. The van der Waals surface area contributed by atoms with Crippen LogP contribution in [0.3, 0.4) is 0 Å². The third-order valence-electron chi connectivity index (χ3n) is 3.57. The van der Waals surface area contributed by atoms with E-state index < -0.39 is 8.07 Å². The number of para-hydroxylation sites is 2. The molecule has 0 aliphatic heterocycles. The summed E-state index contributed by atoms with van der Waals surface area (Å²) >= 11 is 0. The van der Waals surface area contributed by atoms with E-state index in [1.807, 2.05) is 70.5 Å². The monoisotopic (exact) mass is 471 g/mol. The van der Waals surface area contributed by atoms with Gasteiger partial charge in [0.25, 0.3) is 0 Å². The molecule has 31 heavy (non-hydrogen) atoms. The van der Waals surface area contributed by atoms with Crippen LogP contribution in [0.1, 0.15) is 22.3 Å².